The van der Waals surface area contributed by atoms with Crippen LogP contribution in [0.25, 0.3) is 44.6 Å². The molecule has 0 radical (unpaired) electrons. The van der Waals surface area contributed by atoms with E-state index in [-0.39, 0.29) is 6.10 Å². The molecule has 1 atom stereocenters. The number of β-amino-alcohol motifs (C(OH)–C–C–N with tert-alkyl or cyclic N) is 1. The van der Waals surface area contributed by atoms with Gasteiger partial charge in [0, 0.05) is 54.2 Å². The first-order valence-electron chi connectivity index (χ1n) is 14.5. The predicted molar refractivity (Wildman–Crippen MR) is 173 cm³/mol. The lowest BCUT2D eigenvalue weighted by atomic mass is 9.93. The molecule has 4 heterocycles. The molecule has 8 nitrogen and oxygen atoms in total. The van der Waals surface area contributed by atoms with Crippen molar-refractivity contribution in [2.75, 3.05) is 18.4 Å². The Morgan fingerprint density at radius 1 is 1.02 bits per heavy atom. The van der Waals surface area contributed by atoms with Gasteiger partial charge < -0.3 is 14.8 Å². The summed E-state index contributed by atoms with van der Waals surface area (Å²) in [4.78, 5) is 27.6. The highest BCUT2D eigenvalue weighted by Crippen LogP contribution is 2.38. The van der Waals surface area contributed by atoms with E-state index in [0.717, 1.165) is 75.8 Å². The van der Waals surface area contributed by atoms with Gasteiger partial charge in [-0.2, -0.15) is 0 Å². The van der Waals surface area contributed by atoms with Gasteiger partial charge in [0.25, 0.3) is 0 Å². The van der Waals surface area contributed by atoms with Crippen molar-refractivity contribution in [2.45, 2.75) is 32.9 Å². The number of carbonyl (C=O) groups excluding carboxylic acids is 1. The Morgan fingerprint density at radius 3 is 2.59 bits per heavy atom. The van der Waals surface area contributed by atoms with E-state index in [9.17, 15) is 9.90 Å². The van der Waals surface area contributed by atoms with Crippen molar-refractivity contribution in [2.24, 2.45) is 0 Å². The number of pyridine rings is 2. The van der Waals surface area contributed by atoms with Crippen LogP contribution in [0, 0.1) is 13.8 Å². The number of benzene rings is 3. The molecule has 2 N–H and O–H groups in total. The third-order valence-electron chi connectivity index (χ3n) is 8.44. The Hall–Kier alpha value is -4.63. The maximum atomic E-state index is 11.3. The van der Waals surface area contributed by atoms with Crippen LogP contribution < -0.4 is 5.32 Å². The zero-order chi connectivity index (χ0) is 30.4. The van der Waals surface area contributed by atoms with Crippen LogP contribution in [0.15, 0.2) is 77.5 Å². The summed E-state index contributed by atoms with van der Waals surface area (Å²) in [6.45, 7) is 6.47. The van der Waals surface area contributed by atoms with E-state index in [4.69, 9.17) is 21.0 Å². The molecule has 0 bridgehead atoms. The Labute approximate surface area is 259 Å². The van der Waals surface area contributed by atoms with Gasteiger partial charge in [0.15, 0.2) is 11.4 Å². The molecule has 44 heavy (non-hydrogen) atoms. The molecule has 0 spiro atoms. The standard InChI is InChI=1S/C35H30ClN5O3/c1-20-25(5-3-7-27(20)35-40-31-16-22(19-42)15-29(36)33(31)44-35)26-6-4-8-30(21(26)2)39-34-32-28(10-13-38-34)23(9-12-37-32)17-41-14-11-24(43)18-41/h3-10,12-13,15-16,19,24,43H,11,14,17-18H2,1-2H3,(H,38,39). The van der Waals surface area contributed by atoms with Crippen molar-refractivity contribution < 1.29 is 14.3 Å². The maximum absolute atomic E-state index is 11.3. The van der Waals surface area contributed by atoms with Gasteiger partial charge in [-0.25, -0.2) is 9.97 Å². The summed E-state index contributed by atoms with van der Waals surface area (Å²) in [5.74, 6) is 1.14. The Kier molecular flexibility index (Phi) is 7.34. The highest BCUT2D eigenvalue weighted by atomic mass is 35.5. The maximum Gasteiger partial charge on any atom is 0.227 e. The van der Waals surface area contributed by atoms with Gasteiger partial charge in [0.1, 0.15) is 17.3 Å². The lowest BCUT2D eigenvalue weighted by Gasteiger charge is -2.18. The molecule has 0 saturated carbocycles. The minimum absolute atomic E-state index is 0.258. The second kappa shape index (κ2) is 11.5. The minimum atomic E-state index is -0.258. The Balaban J connectivity index is 1.23. The number of oxazole rings is 1. The van der Waals surface area contributed by atoms with Crippen LogP contribution >= 0.6 is 11.6 Å². The minimum Gasteiger partial charge on any atom is -0.434 e. The fraction of sp³-hybridized carbons (Fsp3) is 0.200. The number of rotatable bonds is 7. The largest absolute Gasteiger partial charge is 0.434 e. The number of halogens is 1. The van der Waals surface area contributed by atoms with E-state index in [1.54, 1.807) is 12.1 Å². The molecule has 3 aromatic carbocycles. The van der Waals surface area contributed by atoms with Gasteiger partial charge in [-0.3, -0.25) is 14.7 Å². The van der Waals surface area contributed by atoms with E-state index in [2.05, 4.69) is 46.2 Å². The molecule has 0 amide bonds. The van der Waals surface area contributed by atoms with Crippen LogP contribution in [0.5, 0.6) is 0 Å². The number of likely N-dealkylation sites (tertiary alicyclic amines) is 1. The van der Waals surface area contributed by atoms with Crippen molar-refractivity contribution in [3.05, 3.63) is 100 Å². The van der Waals surface area contributed by atoms with Crippen molar-refractivity contribution in [3.63, 3.8) is 0 Å². The third kappa shape index (κ3) is 5.11. The van der Waals surface area contributed by atoms with Crippen molar-refractivity contribution in [3.8, 4) is 22.6 Å². The van der Waals surface area contributed by atoms with E-state index >= 15 is 0 Å². The molecule has 1 unspecified atom stereocenters. The van der Waals surface area contributed by atoms with Gasteiger partial charge in [-0.1, -0.05) is 35.9 Å². The number of aromatic nitrogens is 3. The zero-order valence-corrected chi connectivity index (χ0v) is 25.1. The van der Waals surface area contributed by atoms with E-state index < -0.39 is 0 Å². The molecule has 1 aliphatic rings. The molecule has 0 aliphatic carbocycles. The van der Waals surface area contributed by atoms with Crippen LogP contribution in [-0.2, 0) is 6.54 Å². The quantitative estimate of drug-likeness (QED) is 0.181. The van der Waals surface area contributed by atoms with Gasteiger partial charge in [-0.05, 0) is 84.5 Å². The van der Waals surface area contributed by atoms with Crippen molar-refractivity contribution in [1.29, 1.82) is 0 Å². The summed E-state index contributed by atoms with van der Waals surface area (Å²) >= 11 is 6.38. The van der Waals surface area contributed by atoms with Crippen molar-refractivity contribution >= 4 is 51.4 Å². The number of hydrogen-bond acceptors (Lipinski definition) is 8. The molecule has 220 valence electrons. The number of aldehydes is 1. The highest BCUT2D eigenvalue weighted by molar-refractivity contribution is 6.35. The number of anilines is 2. The normalized spacial score (nSPS) is 15.3. The number of nitrogens with zero attached hydrogens (tertiary/aromatic N) is 4. The Bertz CT molecular complexity index is 2060. The Morgan fingerprint density at radius 2 is 1.80 bits per heavy atom. The monoisotopic (exact) mass is 603 g/mol. The second-order valence-corrected chi connectivity index (χ2v) is 11.7. The van der Waals surface area contributed by atoms with E-state index in [0.29, 0.717) is 39.9 Å². The average Bonchev–Trinajstić information content (AvgIpc) is 3.65. The topological polar surface area (TPSA) is 104 Å². The molecular formula is C35H30ClN5O3. The molecule has 9 heteroatoms. The molecule has 7 rings (SSSR count). The average molecular weight is 604 g/mol. The SMILES string of the molecule is Cc1c(Nc2nccc3c(CN4CCC(O)C4)ccnc23)cccc1-c1cccc(-c2nc3cc(C=O)cc(Cl)c3o2)c1C. The van der Waals surface area contributed by atoms with Gasteiger partial charge in [0.05, 0.1) is 11.1 Å². The lowest BCUT2D eigenvalue weighted by molar-refractivity contribution is 0.112. The number of hydrogen-bond donors (Lipinski definition) is 2. The van der Waals surface area contributed by atoms with Crippen LogP contribution in [-0.4, -0.2) is 50.4 Å². The predicted octanol–water partition coefficient (Wildman–Crippen LogP) is 7.50. The number of carbonyl (C=O) groups is 1. The molecule has 1 fully saturated rings. The fourth-order valence-corrected chi connectivity index (χ4v) is 6.37. The highest BCUT2D eigenvalue weighted by Gasteiger charge is 2.22. The molecule has 1 aliphatic heterocycles. The van der Waals surface area contributed by atoms with Crippen LogP contribution in [0.1, 0.15) is 33.5 Å². The van der Waals surface area contributed by atoms with E-state index in [1.807, 2.05) is 48.8 Å². The lowest BCUT2D eigenvalue weighted by Crippen LogP contribution is -2.21. The summed E-state index contributed by atoms with van der Waals surface area (Å²) in [6.07, 6.45) is 4.94. The fourth-order valence-electron chi connectivity index (χ4n) is 6.11. The van der Waals surface area contributed by atoms with Crippen LogP contribution in [0.4, 0.5) is 11.5 Å². The first kappa shape index (κ1) is 28.2. The summed E-state index contributed by atoms with van der Waals surface area (Å²) in [6, 6.07) is 19.5. The third-order valence-corrected chi connectivity index (χ3v) is 8.72. The van der Waals surface area contributed by atoms with Crippen molar-refractivity contribution in [1.82, 2.24) is 19.9 Å². The molecular weight excluding hydrogens is 574 g/mol. The zero-order valence-electron chi connectivity index (χ0n) is 24.3. The molecule has 3 aromatic heterocycles. The molecule has 1 saturated heterocycles. The first-order valence-corrected chi connectivity index (χ1v) is 14.9. The summed E-state index contributed by atoms with van der Waals surface area (Å²) < 4.78 is 6.08. The smallest absolute Gasteiger partial charge is 0.227 e. The first-order chi connectivity index (χ1) is 21.4. The van der Waals surface area contributed by atoms with E-state index in [1.165, 1.54) is 0 Å². The number of aliphatic hydroxyl groups is 1. The summed E-state index contributed by atoms with van der Waals surface area (Å²) in [5, 5.41) is 14.9. The number of aliphatic hydroxyl groups excluding tert-OH is 1. The summed E-state index contributed by atoms with van der Waals surface area (Å²) in [7, 11) is 0. The van der Waals surface area contributed by atoms with Crippen LogP contribution in [0.3, 0.4) is 0 Å². The number of fused-ring (bicyclic) bond motifs is 2. The number of nitrogens with one attached hydrogen (secondary N) is 1. The van der Waals surface area contributed by atoms with Gasteiger partial charge >= 0.3 is 0 Å². The van der Waals surface area contributed by atoms with Gasteiger partial charge in [0.2, 0.25) is 5.89 Å². The summed E-state index contributed by atoms with van der Waals surface area (Å²) in [5.41, 5.74) is 9.36. The second-order valence-electron chi connectivity index (χ2n) is 11.3. The van der Waals surface area contributed by atoms with Gasteiger partial charge in [-0.15, -0.1) is 0 Å². The van der Waals surface area contributed by atoms with Crippen LogP contribution in [0.2, 0.25) is 5.02 Å². The molecule has 6 aromatic rings.